The molecule has 0 amide bonds. The van der Waals surface area contributed by atoms with Crippen LogP contribution in [0, 0.1) is 0 Å². The highest BCUT2D eigenvalue weighted by atomic mass is 32.1. The molecular weight excluding hydrogens is 448 g/mol. The van der Waals surface area contributed by atoms with Gasteiger partial charge in [-0.1, -0.05) is 65.0 Å². The third-order valence-electron chi connectivity index (χ3n) is 5.57. The number of rotatable bonds is 10. The summed E-state index contributed by atoms with van der Waals surface area (Å²) < 4.78 is 14.0. The summed E-state index contributed by atoms with van der Waals surface area (Å²) in [6.07, 6.45) is 1.04. The number of hydrogen-bond donors (Lipinski definition) is 1. The van der Waals surface area contributed by atoms with E-state index in [2.05, 4.69) is 12.1 Å². The van der Waals surface area contributed by atoms with Crippen molar-refractivity contribution >= 4 is 27.3 Å². The van der Waals surface area contributed by atoms with Gasteiger partial charge < -0.3 is 14.7 Å². The Morgan fingerprint density at radius 1 is 1.06 bits per heavy atom. The van der Waals surface area contributed by atoms with Crippen molar-refractivity contribution in [3.05, 3.63) is 99.2 Å². The standard InChI is InChI=1S/C27H28N2O4S/c1-3-32-19(2)17-20-9-12-23(13-10-20)33-16-15-29-24-14-11-22(18-25(24)34-27(29)30)26(28-31)21-7-5-4-6-8-21/h4-14,18-19,31H,3,15-17H2,1-2H3. The molecular formula is C27H28N2O4S. The van der Waals surface area contributed by atoms with Crippen LogP contribution in [0.15, 0.2) is 82.7 Å². The van der Waals surface area contributed by atoms with Gasteiger partial charge in [0.2, 0.25) is 0 Å². The van der Waals surface area contributed by atoms with Gasteiger partial charge >= 0.3 is 4.87 Å². The second-order valence-electron chi connectivity index (χ2n) is 7.98. The number of ether oxygens (including phenoxy) is 2. The summed E-state index contributed by atoms with van der Waals surface area (Å²) in [5.74, 6) is 0.773. The second-order valence-corrected chi connectivity index (χ2v) is 8.97. The van der Waals surface area contributed by atoms with Crippen LogP contribution in [0.4, 0.5) is 0 Å². The Morgan fingerprint density at radius 3 is 2.53 bits per heavy atom. The van der Waals surface area contributed by atoms with Gasteiger partial charge in [-0.05, 0) is 50.1 Å². The van der Waals surface area contributed by atoms with Crippen LogP contribution < -0.4 is 9.61 Å². The van der Waals surface area contributed by atoms with Crippen LogP contribution in [0.25, 0.3) is 10.2 Å². The first-order valence-corrected chi connectivity index (χ1v) is 12.1. The first-order chi connectivity index (χ1) is 16.6. The predicted molar refractivity (Wildman–Crippen MR) is 137 cm³/mol. The number of thiazole rings is 1. The zero-order valence-electron chi connectivity index (χ0n) is 19.3. The molecule has 1 N–H and O–H groups in total. The van der Waals surface area contributed by atoms with Crippen molar-refractivity contribution in [3.63, 3.8) is 0 Å². The fraction of sp³-hybridized carbons (Fsp3) is 0.259. The topological polar surface area (TPSA) is 73.0 Å². The molecule has 0 radical (unpaired) electrons. The van der Waals surface area contributed by atoms with E-state index in [-0.39, 0.29) is 11.0 Å². The molecule has 3 aromatic carbocycles. The Kier molecular flexibility index (Phi) is 7.77. The van der Waals surface area contributed by atoms with Gasteiger partial charge in [0.25, 0.3) is 0 Å². The Labute approximate surface area is 202 Å². The molecule has 4 rings (SSSR count). The molecule has 176 valence electrons. The van der Waals surface area contributed by atoms with E-state index in [4.69, 9.17) is 9.47 Å². The van der Waals surface area contributed by atoms with Gasteiger partial charge in [-0.25, -0.2) is 0 Å². The van der Waals surface area contributed by atoms with E-state index in [1.54, 1.807) is 4.57 Å². The lowest BCUT2D eigenvalue weighted by Crippen LogP contribution is -2.17. The SMILES string of the molecule is CCOC(C)Cc1ccc(OCCn2c(=O)sc3cc(C(=NO)c4ccccc4)ccc32)cc1. The molecule has 1 aromatic heterocycles. The third-order valence-corrected chi connectivity index (χ3v) is 6.51. The number of oxime groups is 1. The Balaban J connectivity index is 1.43. The molecule has 0 spiro atoms. The minimum Gasteiger partial charge on any atom is -0.492 e. The van der Waals surface area contributed by atoms with Crippen LogP contribution in [-0.2, 0) is 17.7 Å². The molecule has 4 aromatic rings. The van der Waals surface area contributed by atoms with E-state index in [0.717, 1.165) is 33.5 Å². The highest BCUT2D eigenvalue weighted by Gasteiger charge is 2.13. The normalized spacial score (nSPS) is 12.7. The fourth-order valence-corrected chi connectivity index (χ4v) is 4.91. The van der Waals surface area contributed by atoms with Crippen LogP contribution in [0.3, 0.4) is 0 Å². The maximum atomic E-state index is 12.6. The van der Waals surface area contributed by atoms with Crippen LogP contribution in [-0.4, -0.2) is 34.8 Å². The number of nitrogens with zero attached hydrogens (tertiary/aromatic N) is 2. The van der Waals surface area contributed by atoms with Crippen molar-refractivity contribution in [1.29, 1.82) is 0 Å². The van der Waals surface area contributed by atoms with Crippen molar-refractivity contribution in [2.24, 2.45) is 5.16 Å². The van der Waals surface area contributed by atoms with Crippen LogP contribution in [0.5, 0.6) is 5.75 Å². The van der Waals surface area contributed by atoms with E-state index in [9.17, 15) is 10.0 Å². The summed E-state index contributed by atoms with van der Waals surface area (Å²) >= 11 is 1.18. The number of hydrogen-bond acceptors (Lipinski definition) is 6. The van der Waals surface area contributed by atoms with Gasteiger partial charge in [-0.15, -0.1) is 0 Å². The number of benzene rings is 3. The summed E-state index contributed by atoms with van der Waals surface area (Å²) in [4.78, 5) is 12.6. The van der Waals surface area contributed by atoms with Crippen LogP contribution in [0.1, 0.15) is 30.5 Å². The highest BCUT2D eigenvalue weighted by molar-refractivity contribution is 7.16. The lowest BCUT2D eigenvalue weighted by atomic mass is 10.0. The first-order valence-electron chi connectivity index (χ1n) is 11.3. The average molecular weight is 477 g/mol. The van der Waals surface area contributed by atoms with E-state index >= 15 is 0 Å². The predicted octanol–water partition coefficient (Wildman–Crippen LogP) is 5.34. The highest BCUT2D eigenvalue weighted by Crippen LogP contribution is 2.22. The Bertz CT molecular complexity index is 1310. The van der Waals surface area contributed by atoms with E-state index < -0.39 is 0 Å². The summed E-state index contributed by atoms with van der Waals surface area (Å²) in [5.41, 5.74) is 4.07. The second kappa shape index (κ2) is 11.1. The Hall–Kier alpha value is -3.42. The molecule has 0 aliphatic rings. The molecule has 0 saturated heterocycles. The van der Waals surface area contributed by atoms with Crippen molar-refractivity contribution in [2.75, 3.05) is 13.2 Å². The summed E-state index contributed by atoms with van der Waals surface area (Å²) in [6, 6.07) is 23.1. The number of aromatic nitrogens is 1. The molecule has 1 unspecified atom stereocenters. The molecule has 6 nitrogen and oxygen atoms in total. The summed E-state index contributed by atoms with van der Waals surface area (Å²) in [6.45, 7) is 5.61. The quantitative estimate of drug-likeness (QED) is 0.191. The maximum absolute atomic E-state index is 12.6. The van der Waals surface area contributed by atoms with E-state index in [1.165, 1.54) is 16.9 Å². The lowest BCUT2D eigenvalue weighted by Gasteiger charge is -2.12. The Morgan fingerprint density at radius 2 is 1.82 bits per heavy atom. The third kappa shape index (κ3) is 5.55. The molecule has 7 heteroatoms. The van der Waals surface area contributed by atoms with Gasteiger partial charge in [0.05, 0.1) is 22.9 Å². The first kappa shape index (κ1) is 23.7. The molecule has 0 fully saturated rings. The zero-order chi connectivity index (χ0) is 23.9. The van der Waals surface area contributed by atoms with Crippen LogP contribution >= 0.6 is 11.3 Å². The molecule has 0 bridgehead atoms. The van der Waals surface area contributed by atoms with Gasteiger partial charge in [0, 0.05) is 17.7 Å². The fourth-order valence-electron chi connectivity index (χ4n) is 3.96. The van der Waals surface area contributed by atoms with Gasteiger partial charge in [-0.3, -0.25) is 9.36 Å². The minimum absolute atomic E-state index is 0.0433. The monoisotopic (exact) mass is 476 g/mol. The molecule has 0 aliphatic heterocycles. The molecule has 1 atom stereocenters. The molecule has 1 heterocycles. The molecule has 0 saturated carbocycles. The smallest absolute Gasteiger partial charge is 0.308 e. The van der Waals surface area contributed by atoms with Crippen molar-refractivity contribution in [2.45, 2.75) is 32.9 Å². The zero-order valence-corrected chi connectivity index (χ0v) is 20.1. The van der Waals surface area contributed by atoms with Crippen molar-refractivity contribution < 1.29 is 14.7 Å². The van der Waals surface area contributed by atoms with Gasteiger partial charge in [-0.2, -0.15) is 0 Å². The van der Waals surface area contributed by atoms with Crippen LogP contribution in [0.2, 0.25) is 0 Å². The number of fused-ring (bicyclic) bond motifs is 1. The largest absolute Gasteiger partial charge is 0.492 e. The molecule has 0 aliphatic carbocycles. The van der Waals surface area contributed by atoms with Crippen molar-refractivity contribution in [3.8, 4) is 5.75 Å². The lowest BCUT2D eigenvalue weighted by molar-refractivity contribution is 0.0768. The van der Waals surface area contributed by atoms with Gasteiger partial charge in [0.15, 0.2) is 0 Å². The summed E-state index contributed by atoms with van der Waals surface area (Å²) in [7, 11) is 0. The van der Waals surface area contributed by atoms with E-state index in [0.29, 0.717) is 25.5 Å². The summed E-state index contributed by atoms with van der Waals surface area (Å²) in [5, 5.41) is 13.1. The van der Waals surface area contributed by atoms with Gasteiger partial charge in [0.1, 0.15) is 18.1 Å². The average Bonchev–Trinajstić information content (AvgIpc) is 3.16. The minimum atomic E-state index is -0.0433. The van der Waals surface area contributed by atoms with Crippen molar-refractivity contribution in [1.82, 2.24) is 4.57 Å². The van der Waals surface area contributed by atoms with E-state index in [1.807, 2.05) is 79.7 Å². The molecule has 34 heavy (non-hydrogen) atoms. The maximum Gasteiger partial charge on any atom is 0.308 e.